The molecule has 0 fully saturated rings. The minimum Gasteiger partial charge on any atom is -0.860 e. The molecule has 0 spiro atoms. The molecule has 0 saturated heterocycles. The Kier molecular flexibility index (Phi) is 3.11. The van der Waals surface area contributed by atoms with Crippen LogP contribution in [-0.2, 0) is 14.3 Å². The van der Waals surface area contributed by atoms with Crippen LogP contribution in [0.15, 0.2) is 21.5 Å². The first kappa shape index (κ1) is 11.7. The van der Waals surface area contributed by atoms with Gasteiger partial charge in [0.25, 0.3) is 0 Å². The number of carbonyl (C=O) groups is 2. The van der Waals surface area contributed by atoms with Crippen molar-refractivity contribution in [3.63, 3.8) is 0 Å². The van der Waals surface area contributed by atoms with Crippen LogP contribution in [0.2, 0.25) is 0 Å². The predicted molar refractivity (Wildman–Crippen MR) is 49.0 cm³/mol. The van der Waals surface area contributed by atoms with Gasteiger partial charge in [-0.3, -0.25) is 4.79 Å². The third kappa shape index (κ3) is 2.00. The summed E-state index contributed by atoms with van der Waals surface area (Å²) in [5.74, 6) is -3.18. The van der Waals surface area contributed by atoms with Crippen molar-refractivity contribution in [3.05, 3.63) is 21.5 Å². The fourth-order valence-corrected chi connectivity index (χ4v) is 1.36. The average Bonchev–Trinajstić information content (AvgIpc) is 2.33. The number of cyclic esters (lactones) is 1. The Hall–Kier alpha value is -1.40. The van der Waals surface area contributed by atoms with E-state index in [2.05, 4.69) is 4.74 Å². The lowest BCUT2D eigenvalue weighted by molar-refractivity contribution is -0.306. The Morgan fingerprint density at radius 1 is 1.40 bits per heavy atom. The van der Waals surface area contributed by atoms with Gasteiger partial charge in [-0.05, 0) is 5.88 Å². The second-order valence-corrected chi connectivity index (χ2v) is 3.37. The summed E-state index contributed by atoms with van der Waals surface area (Å²) in [5.41, 5.74) is 9.13. The quantitative estimate of drug-likeness (QED) is 0.356. The van der Waals surface area contributed by atoms with E-state index in [1.807, 2.05) is 0 Å². The number of rotatable bonds is 2. The molecular weight excluding hydrogens is 247 g/mol. The minimum atomic E-state index is -1.40. The van der Waals surface area contributed by atoms with Gasteiger partial charge in [0.1, 0.15) is 5.03 Å². The number of primary amides is 1. The Morgan fingerprint density at radius 3 is 2.20 bits per heavy atom. The van der Waals surface area contributed by atoms with Crippen LogP contribution in [0.25, 0.3) is 0 Å². The standard InChI is InChI=1S/C7H6Cl2N2O4/c8-2-3(9)7(14)15-4(2)1(5(10)12)6(11)13/h4,12H,10H2,(H2,11,13)/p-1/b5-1+. The van der Waals surface area contributed by atoms with Crippen molar-refractivity contribution in [2.75, 3.05) is 0 Å². The second kappa shape index (κ2) is 4.00. The molecule has 0 radical (unpaired) electrons. The Balaban J connectivity index is 3.17. The zero-order valence-electron chi connectivity index (χ0n) is 7.12. The van der Waals surface area contributed by atoms with Crippen LogP contribution in [0.5, 0.6) is 0 Å². The summed E-state index contributed by atoms with van der Waals surface area (Å²) < 4.78 is 4.56. The Morgan fingerprint density at radius 2 is 1.93 bits per heavy atom. The molecule has 0 aliphatic carbocycles. The van der Waals surface area contributed by atoms with Gasteiger partial charge in [0.05, 0.1) is 10.6 Å². The van der Waals surface area contributed by atoms with Gasteiger partial charge in [-0.1, -0.05) is 23.2 Å². The van der Waals surface area contributed by atoms with Gasteiger partial charge in [0.2, 0.25) is 5.91 Å². The molecule has 4 N–H and O–H groups in total. The lowest BCUT2D eigenvalue weighted by Crippen LogP contribution is -2.32. The van der Waals surface area contributed by atoms with Crippen molar-refractivity contribution in [3.8, 4) is 0 Å². The number of hydrogen-bond acceptors (Lipinski definition) is 5. The maximum absolute atomic E-state index is 10.9. The molecule has 1 heterocycles. The molecule has 6 nitrogen and oxygen atoms in total. The molecule has 0 aromatic rings. The maximum atomic E-state index is 10.9. The van der Waals surface area contributed by atoms with Gasteiger partial charge in [0.15, 0.2) is 6.10 Å². The first-order chi connectivity index (χ1) is 6.86. The summed E-state index contributed by atoms with van der Waals surface area (Å²) >= 11 is 11.0. The third-order valence-electron chi connectivity index (χ3n) is 1.64. The van der Waals surface area contributed by atoms with Crippen LogP contribution in [0.1, 0.15) is 0 Å². The van der Waals surface area contributed by atoms with Gasteiger partial charge >= 0.3 is 5.97 Å². The fraction of sp³-hybridized carbons (Fsp3) is 0.143. The number of nitrogens with two attached hydrogens (primary N) is 2. The predicted octanol–water partition coefficient (Wildman–Crippen LogP) is -1.38. The number of amides is 1. The van der Waals surface area contributed by atoms with Crippen LogP contribution in [0.4, 0.5) is 0 Å². The van der Waals surface area contributed by atoms with Crippen LogP contribution in [-0.4, -0.2) is 18.0 Å². The summed E-state index contributed by atoms with van der Waals surface area (Å²) in [6.45, 7) is 0. The van der Waals surface area contributed by atoms with Crippen molar-refractivity contribution < 1.29 is 19.4 Å². The smallest absolute Gasteiger partial charge is 0.352 e. The first-order valence-corrected chi connectivity index (χ1v) is 4.34. The molecule has 8 heteroatoms. The molecule has 0 aromatic carbocycles. The van der Waals surface area contributed by atoms with Crippen molar-refractivity contribution >= 4 is 35.1 Å². The van der Waals surface area contributed by atoms with E-state index in [9.17, 15) is 14.7 Å². The van der Waals surface area contributed by atoms with E-state index in [-0.39, 0.29) is 5.03 Å². The molecule has 1 aliphatic rings. The highest BCUT2D eigenvalue weighted by Crippen LogP contribution is 2.32. The molecule has 82 valence electrons. The summed E-state index contributed by atoms with van der Waals surface area (Å²) in [7, 11) is 0. The number of carbonyl (C=O) groups excluding carboxylic acids is 2. The topological polar surface area (TPSA) is 118 Å². The van der Waals surface area contributed by atoms with E-state index in [4.69, 9.17) is 34.7 Å². The largest absolute Gasteiger partial charge is 0.860 e. The summed E-state index contributed by atoms with van der Waals surface area (Å²) in [5, 5.41) is 10.2. The second-order valence-electron chi connectivity index (χ2n) is 2.59. The summed E-state index contributed by atoms with van der Waals surface area (Å²) in [6, 6.07) is 0. The number of ether oxygens (including phenoxy) is 1. The molecule has 1 atom stereocenters. The molecule has 1 aliphatic heterocycles. The minimum absolute atomic E-state index is 0.283. The zero-order valence-corrected chi connectivity index (χ0v) is 8.63. The molecule has 15 heavy (non-hydrogen) atoms. The van der Waals surface area contributed by atoms with Crippen molar-refractivity contribution in [1.29, 1.82) is 0 Å². The van der Waals surface area contributed by atoms with Crippen LogP contribution >= 0.6 is 23.2 Å². The normalized spacial score (nSPS) is 22.5. The molecule has 0 bridgehead atoms. The van der Waals surface area contributed by atoms with E-state index in [0.29, 0.717) is 0 Å². The third-order valence-corrected chi connectivity index (χ3v) is 2.48. The summed E-state index contributed by atoms with van der Waals surface area (Å²) in [6.07, 6.45) is -1.40. The fourth-order valence-electron chi connectivity index (χ4n) is 0.989. The Labute approximate surface area is 94.1 Å². The Bertz CT molecular complexity index is 398. The lowest BCUT2D eigenvalue weighted by Gasteiger charge is -2.17. The number of halogens is 2. The molecule has 1 rings (SSSR count). The highest BCUT2D eigenvalue weighted by Gasteiger charge is 2.36. The highest BCUT2D eigenvalue weighted by atomic mass is 35.5. The number of esters is 1. The van der Waals surface area contributed by atoms with Crippen LogP contribution in [0, 0.1) is 0 Å². The average molecular weight is 252 g/mol. The maximum Gasteiger partial charge on any atom is 0.352 e. The van der Waals surface area contributed by atoms with E-state index in [1.165, 1.54) is 0 Å². The van der Waals surface area contributed by atoms with Gasteiger partial charge in [-0.15, -0.1) is 0 Å². The molecule has 0 aromatic heterocycles. The lowest BCUT2D eigenvalue weighted by atomic mass is 10.1. The molecule has 0 saturated carbocycles. The molecule has 1 amide bonds. The van der Waals surface area contributed by atoms with E-state index in [0.717, 1.165) is 0 Å². The van der Waals surface area contributed by atoms with Crippen molar-refractivity contribution in [2.45, 2.75) is 6.10 Å². The van der Waals surface area contributed by atoms with Crippen LogP contribution in [0.3, 0.4) is 0 Å². The van der Waals surface area contributed by atoms with E-state index in [1.54, 1.807) is 0 Å². The number of hydrogen-bond donors (Lipinski definition) is 2. The monoisotopic (exact) mass is 251 g/mol. The van der Waals surface area contributed by atoms with Gasteiger partial charge in [0, 0.05) is 0 Å². The van der Waals surface area contributed by atoms with E-state index < -0.39 is 34.5 Å². The van der Waals surface area contributed by atoms with Crippen LogP contribution < -0.4 is 16.6 Å². The molecular formula is C7H5Cl2N2O4-. The highest BCUT2D eigenvalue weighted by molar-refractivity contribution is 6.49. The molecule has 1 unspecified atom stereocenters. The first-order valence-electron chi connectivity index (χ1n) is 3.58. The van der Waals surface area contributed by atoms with Crippen molar-refractivity contribution in [1.82, 2.24) is 0 Å². The summed E-state index contributed by atoms with van der Waals surface area (Å²) in [4.78, 5) is 21.8. The zero-order chi connectivity index (χ0) is 11.7. The van der Waals surface area contributed by atoms with Gasteiger partial charge < -0.3 is 21.3 Å². The SMILES string of the molecule is NC(=O)/C(=C(\N)[O-])C1OC(=O)C(Cl)=C1Cl. The van der Waals surface area contributed by atoms with E-state index >= 15 is 0 Å². The van der Waals surface area contributed by atoms with Crippen molar-refractivity contribution in [2.24, 2.45) is 11.5 Å². The van der Waals surface area contributed by atoms with Gasteiger partial charge in [-0.2, -0.15) is 0 Å². The van der Waals surface area contributed by atoms with Gasteiger partial charge in [-0.25, -0.2) is 4.79 Å².